The van der Waals surface area contributed by atoms with Gasteiger partial charge in [-0.3, -0.25) is 4.98 Å². The number of nitrogens with one attached hydrogen (secondary N) is 1. The molecule has 21 heavy (non-hydrogen) atoms. The molecule has 4 heteroatoms. The Morgan fingerprint density at radius 3 is 2.86 bits per heavy atom. The highest BCUT2D eigenvalue weighted by Crippen LogP contribution is 2.26. The molecule has 0 aliphatic rings. The first-order valence-corrected chi connectivity index (χ1v) is 6.84. The van der Waals surface area contributed by atoms with E-state index >= 15 is 0 Å². The minimum Gasteiger partial charge on any atom is -0.456 e. The largest absolute Gasteiger partial charge is 0.456 e. The van der Waals surface area contributed by atoms with E-state index < -0.39 is 5.60 Å². The highest BCUT2D eigenvalue weighted by molar-refractivity contribution is 5.81. The summed E-state index contributed by atoms with van der Waals surface area (Å²) in [7, 11) is 0. The number of aromatic amines is 1. The summed E-state index contributed by atoms with van der Waals surface area (Å²) < 4.78 is 5.75. The van der Waals surface area contributed by atoms with Gasteiger partial charge in [0.1, 0.15) is 11.5 Å². The molecule has 1 aromatic carbocycles. The third-order valence-electron chi connectivity index (χ3n) is 3.04. The van der Waals surface area contributed by atoms with Crippen LogP contribution in [0.4, 0.5) is 0 Å². The number of hydrogen-bond acceptors (Lipinski definition) is 3. The first-order valence-electron chi connectivity index (χ1n) is 6.84. The van der Waals surface area contributed by atoms with E-state index in [1.807, 2.05) is 30.3 Å². The number of fused-ring (bicyclic) bond motifs is 1. The maximum absolute atomic E-state index is 9.87. The average molecular weight is 281 g/mol. The molecule has 0 fully saturated rings. The third-order valence-corrected chi connectivity index (χ3v) is 3.04. The summed E-state index contributed by atoms with van der Waals surface area (Å²) in [6.45, 7) is 3.56. The number of benzene rings is 1. The van der Waals surface area contributed by atoms with E-state index in [1.54, 1.807) is 26.2 Å². The zero-order valence-electron chi connectivity index (χ0n) is 12.1. The standard InChI is InChI=1S/C17H17N2O2/c1-17(2,20)10-13-8-12-5-6-14(9-16(12)19-13)21-15-4-3-7-18-11-15/h3-7,9,11,19-20H,10H2,1-2H3. The number of pyridine rings is 1. The van der Waals surface area contributed by atoms with Crippen molar-refractivity contribution in [1.82, 2.24) is 9.97 Å². The van der Waals surface area contributed by atoms with Crippen LogP contribution in [0.15, 0.2) is 42.7 Å². The number of H-pyrrole nitrogens is 1. The van der Waals surface area contributed by atoms with Crippen LogP contribution in [-0.4, -0.2) is 20.7 Å². The molecule has 1 radical (unpaired) electrons. The van der Waals surface area contributed by atoms with Gasteiger partial charge in [0.15, 0.2) is 0 Å². The Balaban J connectivity index is 1.86. The predicted molar refractivity (Wildman–Crippen MR) is 81.4 cm³/mol. The van der Waals surface area contributed by atoms with Gasteiger partial charge in [-0.15, -0.1) is 0 Å². The number of rotatable bonds is 4. The van der Waals surface area contributed by atoms with E-state index in [0.717, 1.165) is 22.3 Å². The summed E-state index contributed by atoms with van der Waals surface area (Å²) in [6, 6.07) is 12.7. The van der Waals surface area contributed by atoms with E-state index in [2.05, 4.69) is 16.0 Å². The number of hydrogen-bond donors (Lipinski definition) is 2. The lowest BCUT2D eigenvalue weighted by Crippen LogP contribution is -2.21. The van der Waals surface area contributed by atoms with Gasteiger partial charge in [0.25, 0.3) is 0 Å². The van der Waals surface area contributed by atoms with Gasteiger partial charge in [-0.2, -0.15) is 0 Å². The summed E-state index contributed by atoms with van der Waals surface area (Å²) in [5.74, 6) is 1.43. The zero-order chi connectivity index (χ0) is 14.9. The van der Waals surface area contributed by atoms with Crippen molar-refractivity contribution in [2.75, 3.05) is 0 Å². The highest BCUT2D eigenvalue weighted by Gasteiger charge is 2.15. The molecule has 2 heterocycles. The second kappa shape index (κ2) is 5.22. The lowest BCUT2D eigenvalue weighted by Gasteiger charge is -2.14. The lowest BCUT2D eigenvalue weighted by atomic mass is 10.0. The molecule has 0 saturated carbocycles. The molecule has 4 nitrogen and oxygen atoms in total. The molecule has 0 saturated heterocycles. The SMILES string of the molecule is CC(C)(O)Cc1[c]c2ccc(Oc3cccnc3)cc2[nH]1. The highest BCUT2D eigenvalue weighted by atomic mass is 16.5. The van der Waals surface area contributed by atoms with Crippen LogP contribution < -0.4 is 4.74 Å². The molecule has 2 N–H and O–H groups in total. The normalized spacial score (nSPS) is 11.8. The summed E-state index contributed by atoms with van der Waals surface area (Å²) in [5, 5.41) is 10.9. The van der Waals surface area contributed by atoms with Crippen molar-refractivity contribution < 1.29 is 9.84 Å². The lowest BCUT2D eigenvalue weighted by molar-refractivity contribution is 0.0801. The summed E-state index contributed by atoms with van der Waals surface area (Å²) in [5.41, 5.74) is 1.07. The minimum atomic E-state index is -0.758. The van der Waals surface area contributed by atoms with Crippen LogP contribution in [0.5, 0.6) is 11.5 Å². The van der Waals surface area contributed by atoms with Crippen LogP contribution in [0.2, 0.25) is 0 Å². The first kappa shape index (κ1) is 13.6. The molecule has 2 aromatic heterocycles. The van der Waals surface area contributed by atoms with Gasteiger partial charge in [-0.25, -0.2) is 0 Å². The second-order valence-corrected chi connectivity index (χ2v) is 5.72. The van der Waals surface area contributed by atoms with Crippen LogP contribution in [0.3, 0.4) is 0 Å². The Hall–Kier alpha value is -2.33. The Morgan fingerprint density at radius 2 is 2.14 bits per heavy atom. The number of aromatic nitrogens is 2. The molecular weight excluding hydrogens is 264 g/mol. The van der Waals surface area contributed by atoms with Gasteiger partial charge in [0.2, 0.25) is 0 Å². The smallest absolute Gasteiger partial charge is 0.145 e. The molecule has 0 spiro atoms. The van der Waals surface area contributed by atoms with E-state index in [-0.39, 0.29) is 0 Å². The third kappa shape index (κ3) is 3.41. The molecule has 0 aliphatic heterocycles. The van der Waals surface area contributed by atoms with Crippen LogP contribution in [0, 0.1) is 6.07 Å². The van der Waals surface area contributed by atoms with Crippen LogP contribution in [0.25, 0.3) is 10.9 Å². The van der Waals surface area contributed by atoms with Gasteiger partial charge in [-0.05, 0) is 38.1 Å². The van der Waals surface area contributed by atoms with Gasteiger partial charge < -0.3 is 14.8 Å². The van der Waals surface area contributed by atoms with Crippen molar-refractivity contribution >= 4 is 10.9 Å². The molecule has 3 rings (SSSR count). The monoisotopic (exact) mass is 281 g/mol. The zero-order valence-corrected chi connectivity index (χ0v) is 12.1. The molecule has 107 valence electrons. The quantitative estimate of drug-likeness (QED) is 0.770. The molecular formula is C17H17N2O2. The minimum absolute atomic E-state index is 0.528. The second-order valence-electron chi connectivity index (χ2n) is 5.72. The fourth-order valence-corrected chi connectivity index (χ4v) is 2.22. The Kier molecular flexibility index (Phi) is 3.39. The van der Waals surface area contributed by atoms with Crippen molar-refractivity contribution in [3.63, 3.8) is 0 Å². The van der Waals surface area contributed by atoms with E-state index in [9.17, 15) is 5.11 Å². The van der Waals surface area contributed by atoms with Crippen molar-refractivity contribution in [3.05, 3.63) is 54.5 Å². The summed E-state index contributed by atoms with van der Waals surface area (Å²) >= 11 is 0. The van der Waals surface area contributed by atoms with Crippen LogP contribution >= 0.6 is 0 Å². The Labute approximate surface area is 123 Å². The number of nitrogens with zero attached hydrogens (tertiary/aromatic N) is 1. The fraction of sp³-hybridized carbons (Fsp3) is 0.235. The van der Waals surface area contributed by atoms with Crippen LogP contribution in [-0.2, 0) is 6.42 Å². The summed E-state index contributed by atoms with van der Waals surface area (Å²) in [6.07, 6.45) is 3.91. The fourth-order valence-electron chi connectivity index (χ4n) is 2.22. The summed E-state index contributed by atoms with van der Waals surface area (Å²) in [4.78, 5) is 7.29. The van der Waals surface area contributed by atoms with Gasteiger partial charge >= 0.3 is 0 Å². The van der Waals surface area contributed by atoms with Gasteiger partial charge in [0, 0.05) is 41.3 Å². The van der Waals surface area contributed by atoms with Crippen LogP contribution in [0.1, 0.15) is 19.5 Å². The predicted octanol–water partition coefficient (Wildman–Crippen LogP) is 3.47. The maximum atomic E-state index is 9.87. The van der Waals surface area contributed by atoms with E-state index in [4.69, 9.17) is 4.74 Å². The average Bonchev–Trinajstić information content (AvgIpc) is 2.79. The van der Waals surface area contributed by atoms with Gasteiger partial charge in [0.05, 0.1) is 11.8 Å². The first-order chi connectivity index (χ1) is 9.99. The molecule has 0 unspecified atom stereocenters. The van der Waals surface area contributed by atoms with Crippen molar-refractivity contribution in [3.8, 4) is 11.5 Å². The molecule has 0 amide bonds. The van der Waals surface area contributed by atoms with Crippen molar-refractivity contribution in [2.45, 2.75) is 25.9 Å². The van der Waals surface area contributed by atoms with Gasteiger partial charge in [-0.1, -0.05) is 0 Å². The Bertz CT molecular complexity index is 742. The molecule has 0 aliphatic carbocycles. The number of ether oxygens (including phenoxy) is 1. The van der Waals surface area contributed by atoms with E-state index in [0.29, 0.717) is 12.2 Å². The Morgan fingerprint density at radius 1 is 1.29 bits per heavy atom. The van der Waals surface area contributed by atoms with Crippen molar-refractivity contribution in [1.29, 1.82) is 0 Å². The maximum Gasteiger partial charge on any atom is 0.145 e. The molecule has 0 atom stereocenters. The van der Waals surface area contributed by atoms with E-state index in [1.165, 1.54) is 0 Å². The topological polar surface area (TPSA) is 58.1 Å². The van der Waals surface area contributed by atoms with Crippen molar-refractivity contribution in [2.24, 2.45) is 0 Å². The molecule has 0 bridgehead atoms. The molecule has 3 aromatic rings. The number of aliphatic hydroxyl groups is 1.